The highest BCUT2D eigenvalue weighted by Gasteiger charge is 2.02. The van der Waals surface area contributed by atoms with E-state index >= 15 is 0 Å². The van der Waals surface area contributed by atoms with E-state index in [4.69, 9.17) is 0 Å². The van der Waals surface area contributed by atoms with Crippen LogP contribution in [0.5, 0.6) is 0 Å². The molecule has 2 heterocycles. The maximum atomic E-state index is 4.36. The molecule has 0 atom stereocenters. The van der Waals surface area contributed by atoms with E-state index in [0.29, 0.717) is 0 Å². The van der Waals surface area contributed by atoms with E-state index in [1.807, 2.05) is 18.3 Å². The first-order valence-electron chi connectivity index (χ1n) is 4.75. The van der Waals surface area contributed by atoms with Gasteiger partial charge in [-0.2, -0.15) is 0 Å². The lowest BCUT2D eigenvalue weighted by atomic mass is 10.2. The molecule has 0 saturated heterocycles. The molecule has 0 aliphatic heterocycles. The fraction of sp³-hybridized carbons (Fsp3) is 0.364. The molecular weight excluding hydrogens is 160 g/mol. The summed E-state index contributed by atoms with van der Waals surface area (Å²) in [5, 5.41) is 0. The number of aromatic nitrogens is 2. The fourth-order valence-corrected chi connectivity index (χ4v) is 1.71. The van der Waals surface area contributed by atoms with Gasteiger partial charge < -0.3 is 4.40 Å². The lowest BCUT2D eigenvalue weighted by Gasteiger charge is -2.03. The van der Waals surface area contributed by atoms with Crippen molar-refractivity contribution in [2.45, 2.75) is 26.7 Å². The zero-order chi connectivity index (χ0) is 9.26. The maximum absolute atomic E-state index is 4.36. The Morgan fingerprint density at radius 3 is 3.00 bits per heavy atom. The first-order chi connectivity index (χ1) is 6.33. The fourth-order valence-electron chi connectivity index (χ4n) is 1.71. The molecular formula is C11H14N2. The van der Waals surface area contributed by atoms with Crippen molar-refractivity contribution in [3.8, 4) is 0 Å². The first-order valence-corrected chi connectivity index (χ1v) is 4.75. The van der Waals surface area contributed by atoms with Crippen molar-refractivity contribution in [1.82, 2.24) is 9.38 Å². The van der Waals surface area contributed by atoms with Crippen LogP contribution in [-0.2, 0) is 6.42 Å². The predicted octanol–water partition coefficient (Wildman–Crippen LogP) is 2.60. The summed E-state index contributed by atoms with van der Waals surface area (Å²) in [6, 6.07) is 6.22. The van der Waals surface area contributed by atoms with Crippen LogP contribution < -0.4 is 0 Å². The standard InChI is InChI=1S/C11H14N2/c1-3-5-10-8-12-11-7-4-6-9(2)13(10)11/h4,6-8H,3,5H2,1-2H3. The SMILES string of the molecule is CCCc1cnc2cccc(C)n12. The van der Waals surface area contributed by atoms with Crippen LogP contribution in [0.4, 0.5) is 0 Å². The third-order valence-electron chi connectivity index (χ3n) is 2.30. The monoisotopic (exact) mass is 174 g/mol. The van der Waals surface area contributed by atoms with Crippen molar-refractivity contribution in [2.24, 2.45) is 0 Å². The van der Waals surface area contributed by atoms with Crippen LogP contribution in [0.25, 0.3) is 5.65 Å². The van der Waals surface area contributed by atoms with Gasteiger partial charge in [-0.05, 0) is 25.5 Å². The average molecular weight is 174 g/mol. The van der Waals surface area contributed by atoms with Crippen molar-refractivity contribution in [2.75, 3.05) is 0 Å². The molecule has 0 spiro atoms. The van der Waals surface area contributed by atoms with Crippen LogP contribution in [0, 0.1) is 6.92 Å². The quantitative estimate of drug-likeness (QED) is 0.684. The molecule has 0 aliphatic rings. The lowest BCUT2D eigenvalue weighted by molar-refractivity contribution is 0.856. The Kier molecular flexibility index (Phi) is 2.05. The molecule has 0 saturated carbocycles. The highest BCUT2D eigenvalue weighted by Crippen LogP contribution is 2.11. The molecule has 0 aromatic carbocycles. The van der Waals surface area contributed by atoms with Gasteiger partial charge in [-0.1, -0.05) is 19.4 Å². The van der Waals surface area contributed by atoms with E-state index in [0.717, 1.165) is 12.1 Å². The molecule has 0 unspecified atom stereocenters. The molecule has 0 bridgehead atoms. The van der Waals surface area contributed by atoms with Crippen molar-refractivity contribution in [3.63, 3.8) is 0 Å². The highest BCUT2D eigenvalue weighted by atomic mass is 15.0. The van der Waals surface area contributed by atoms with Crippen LogP contribution >= 0.6 is 0 Å². The van der Waals surface area contributed by atoms with Gasteiger partial charge in [0.15, 0.2) is 0 Å². The molecule has 13 heavy (non-hydrogen) atoms. The number of rotatable bonds is 2. The Morgan fingerprint density at radius 1 is 1.38 bits per heavy atom. The summed E-state index contributed by atoms with van der Waals surface area (Å²) in [4.78, 5) is 4.36. The second kappa shape index (κ2) is 3.21. The predicted molar refractivity (Wildman–Crippen MR) is 53.9 cm³/mol. The number of nitrogens with zero attached hydrogens (tertiary/aromatic N) is 2. The van der Waals surface area contributed by atoms with Gasteiger partial charge in [0.2, 0.25) is 0 Å². The number of fused-ring (bicyclic) bond motifs is 1. The van der Waals surface area contributed by atoms with Crippen LogP contribution in [0.1, 0.15) is 24.7 Å². The number of pyridine rings is 1. The molecule has 2 aromatic heterocycles. The molecule has 0 fully saturated rings. The Balaban J connectivity index is 2.64. The van der Waals surface area contributed by atoms with Gasteiger partial charge in [0.05, 0.1) is 0 Å². The minimum Gasteiger partial charge on any atom is -0.301 e. The molecule has 0 radical (unpaired) electrons. The Hall–Kier alpha value is -1.31. The summed E-state index contributed by atoms with van der Waals surface area (Å²) in [7, 11) is 0. The Bertz CT molecular complexity index is 415. The zero-order valence-corrected chi connectivity index (χ0v) is 8.12. The van der Waals surface area contributed by atoms with Gasteiger partial charge in [0.25, 0.3) is 0 Å². The molecule has 0 aliphatic carbocycles. The molecule has 2 aromatic rings. The van der Waals surface area contributed by atoms with Crippen molar-refractivity contribution < 1.29 is 0 Å². The highest BCUT2D eigenvalue weighted by molar-refractivity contribution is 5.42. The van der Waals surface area contributed by atoms with E-state index in [1.54, 1.807) is 0 Å². The summed E-state index contributed by atoms with van der Waals surface area (Å²) in [6.07, 6.45) is 4.25. The topological polar surface area (TPSA) is 17.3 Å². The van der Waals surface area contributed by atoms with E-state index in [-0.39, 0.29) is 0 Å². The van der Waals surface area contributed by atoms with Gasteiger partial charge in [-0.3, -0.25) is 0 Å². The minimum absolute atomic E-state index is 1.06. The molecule has 0 N–H and O–H groups in total. The van der Waals surface area contributed by atoms with Crippen LogP contribution in [-0.4, -0.2) is 9.38 Å². The average Bonchev–Trinajstić information content (AvgIpc) is 2.51. The molecule has 0 amide bonds. The van der Waals surface area contributed by atoms with Crippen molar-refractivity contribution in [3.05, 3.63) is 35.8 Å². The Morgan fingerprint density at radius 2 is 2.23 bits per heavy atom. The molecule has 2 nitrogen and oxygen atoms in total. The lowest BCUT2D eigenvalue weighted by Crippen LogP contribution is -1.95. The van der Waals surface area contributed by atoms with Gasteiger partial charge in [0, 0.05) is 17.6 Å². The van der Waals surface area contributed by atoms with Crippen LogP contribution in [0.2, 0.25) is 0 Å². The third kappa shape index (κ3) is 1.32. The maximum Gasteiger partial charge on any atom is 0.137 e. The van der Waals surface area contributed by atoms with Gasteiger partial charge in [-0.15, -0.1) is 0 Å². The summed E-state index contributed by atoms with van der Waals surface area (Å²) in [5.74, 6) is 0. The molecule has 2 rings (SSSR count). The van der Waals surface area contributed by atoms with Gasteiger partial charge >= 0.3 is 0 Å². The van der Waals surface area contributed by atoms with Gasteiger partial charge in [-0.25, -0.2) is 4.98 Å². The Labute approximate surface area is 78.2 Å². The second-order valence-electron chi connectivity index (χ2n) is 3.36. The minimum atomic E-state index is 1.06. The van der Waals surface area contributed by atoms with Gasteiger partial charge in [0.1, 0.15) is 5.65 Å². The summed E-state index contributed by atoms with van der Waals surface area (Å²) < 4.78 is 2.23. The number of hydrogen-bond donors (Lipinski definition) is 0. The van der Waals surface area contributed by atoms with E-state index in [9.17, 15) is 0 Å². The molecule has 2 heteroatoms. The summed E-state index contributed by atoms with van der Waals surface area (Å²) in [5.41, 5.74) is 3.64. The largest absolute Gasteiger partial charge is 0.301 e. The zero-order valence-electron chi connectivity index (χ0n) is 8.12. The smallest absolute Gasteiger partial charge is 0.137 e. The summed E-state index contributed by atoms with van der Waals surface area (Å²) >= 11 is 0. The van der Waals surface area contributed by atoms with E-state index in [1.165, 1.54) is 17.8 Å². The van der Waals surface area contributed by atoms with Crippen LogP contribution in [0.3, 0.4) is 0 Å². The number of hydrogen-bond acceptors (Lipinski definition) is 1. The van der Waals surface area contributed by atoms with Crippen molar-refractivity contribution in [1.29, 1.82) is 0 Å². The first kappa shape index (κ1) is 8.30. The summed E-state index contributed by atoms with van der Waals surface area (Å²) in [6.45, 7) is 4.31. The van der Waals surface area contributed by atoms with Crippen molar-refractivity contribution >= 4 is 5.65 Å². The van der Waals surface area contributed by atoms with E-state index < -0.39 is 0 Å². The number of aryl methyl sites for hydroxylation is 2. The van der Waals surface area contributed by atoms with E-state index in [2.05, 4.69) is 29.3 Å². The normalized spacial score (nSPS) is 10.9. The number of imidazole rings is 1. The second-order valence-corrected chi connectivity index (χ2v) is 3.36. The molecule has 68 valence electrons. The van der Waals surface area contributed by atoms with Crippen LogP contribution in [0.15, 0.2) is 24.4 Å². The third-order valence-corrected chi connectivity index (χ3v) is 2.30.